The molecule has 0 aliphatic heterocycles. The van der Waals surface area contributed by atoms with E-state index in [1.54, 1.807) is 0 Å². The Morgan fingerprint density at radius 1 is 0.351 bits per heavy atom. The summed E-state index contributed by atoms with van der Waals surface area (Å²) < 4.78 is 18.6. The van der Waals surface area contributed by atoms with Crippen LogP contribution >= 0.6 is 0 Å². The Kier molecular flexibility index (Phi) is 28.8. The van der Waals surface area contributed by atoms with Crippen LogP contribution < -0.4 is 0 Å². The molecule has 0 spiro atoms. The molecule has 1 atom stereocenters. The van der Waals surface area contributed by atoms with Crippen molar-refractivity contribution in [3.8, 4) is 0 Å². The summed E-state index contributed by atoms with van der Waals surface area (Å²) in [5.41, 5.74) is 0. The zero-order chi connectivity index (χ0) is 27.3. The summed E-state index contributed by atoms with van der Waals surface area (Å²) >= 11 is 0. The Balaban J connectivity index is 4.16. The predicted octanol–water partition coefficient (Wildman–Crippen LogP) is 11.8. The van der Waals surface area contributed by atoms with Crippen molar-refractivity contribution >= 4 is 0 Å². The molecule has 0 radical (unpaired) electrons. The standard InChI is InChI=1S/C34H70O3/c1-6-11-13-15-17-18-19-20-21-22-23-24-25-26-28-30-32-33(31-29-27-16-14-12-7-2)34(35-8-3,36-9-4)37-10-5/h33H,6-32H2,1-5H3. The van der Waals surface area contributed by atoms with E-state index >= 15 is 0 Å². The van der Waals surface area contributed by atoms with Crippen molar-refractivity contribution in [3.63, 3.8) is 0 Å². The lowest BCUT2D eigenvalue weighted by atomic mass is 9.91. The molecule has 0 rings (SSSR count). The molecule has 0 bridgehead atoms. The van der Waals surface area contributed by atoms with Gasteiger partial charge in [0.25, 0.3) is 5.97 Å². The molecule has 0 saturated heterocycles. The molecule has 0 aliphatic rings. The lowest BCUT2D eigenvalue weighted by molar-refractivity contribution is -0.403. The molecule has 0 N–H and O–H groups in total. The first kappa shape index (κ1) is 36.9. The van der Waals surface area contributed by atoms with Crippen molar-refractivity contribution in [2.24, 2.45) is 5.92 Å². The van der Waals surface area contributed by atoms with Crippen molar-refractivity contribution in [1.29, 1.82) is 0 Å². The first-order valence-corrected chi connectivity index (χ1v) is 17.1. The molecule has 224 valence electrons. The van der Waals surface area contributed by atoms with Crippen molar-refractivity contribution in [3.05, 3.63) is 0 Å². The van der Waals surface area contributed by atoms with Crippen LogP contribution in [-0.4, -0.2) is 25.8 Å². The zero-order valence-corrected chi connectivity index (χ0v) is 26.4. The first-order chi connectivity index (χ1) is 18.2. The largest absolute Gasteiger partial charge is 0.328 e. The summed E-state index contributed by atoms with van der Waals surface area (Å²) in [5, 5.41) is 0. The van der Waals surface area contributed by atoms with Gasteiger partial charge in [-0.15, -0.1) is 0 Å². The summed E-state index contributed by atoms with van der Waals surface area (Å²) in [5.74, 6) is -0.526. The van der Waals surface area contributed by atoms with Crippen molar-refractivity contribution in [2.45, 2.75) is 195 Å². The van der Waals surface area contributed by atoms with Crippen LogP contribution in [0, 0.1) is 5.92 Å². The van der Waals surface area contributed by atoms with Crippen LogP contribution in [0.4, 0.5) is 0 Å². The van der Waals surface area contributed by atoms with E-state index in [9.17, 15) is 0 Å². The van der Waals surface area contributed by atoms with E-state index in [0.29, 0.717) is 25.7 Å². The third-order valence-corrected chi connectivity index (χ3v) is 7.85. The van der Waals surface area contributed by atoms with Gasteiger partial charge >= 0.3 is 0 Å². The fourth-order valence-electron chi connectivity index (χ4n) is 5.69. The third kappa shape index (κ3) is 21.4. The van der Waals surface area contributed by atoms with Gasteiger partial charge in [0.1, 0.15) is 0 Å². The maximum absolute atomic E-state index is 6.20. The average molecular weight is 527 g/mol. The van der Waals surface area contributed by atoms with Crippen LogP contribution in [0.2, 0.25) is 0 Å². The highest BCUT2D eigenvalue weighted by molar-refractivity contribution is 4.73. The van der Waals surface area contributed by atoms with E-state index in [0.717, 1.165) is 12.8 Å². The van der Waals surface area contributed by atoms with Gasteiger partial charge in [0, 0.05) is 25.7 Å². The third-order valence-electron chi connectivity index (χ3n) is 7.85. The minimum Gasteiger partial charge on any atom is -0.328 e. The minimum absolute atomic E-state index is 0.324. The second-order valence-electron chi connectivity index (χ2n) is 11.2. The molecule has 0 aromatic rings. The first-order valence-electron chi connectivity index (χ1n) is 17.1. The number of ether oxygens (including phenoxy) is 3. The van der Waals surface area contributed by atoms with Gasteiger partial charge in [-0.05, 0) is 33.6 Å². The van der Waals surface area contributed by atoms with E-state index in [1.165, 1.54) is 141 Å². The molecule has 0 aliphatic carbocycles. The highest BCUT2D eigenvalue weighted by Crippen LogP contribution is 2.34. The van der Waals surface area contributed by atoms with Gasteiger partial charge in [0.2, 0.25) is 0 Å². The second kappa shape index (κ2) is 28.9. The number of hydrogen-bond acceptors (Lipinski definition) is 3. The fraction of sp³-hybridized carbons (Fsp3) is 1.00. The average Bonchev–Trinajstić information content (AvgIpc) is 2.89. The summed E-state index contributed by atoms with van der Waals surface area (Å²) in [7, 11) is 0. The van der Waals surface area contributed by atoms with E-state index in [1.807, 2.05) is 0 Å². The Morgan fingerprint density at radius 2 is 0.595 bits per heavy atom. The minimum atomic E-state index is -0.850. The quantitative estimate of drug-likeness (QED) is 0.0664. The van der Waals surface area contributed by atoms with E-state index in [4.69, 9.17) is 14.2 Å². The maximum atomic E-state index is 6.20. The predicted molar refractivity (Wildman–Crippen MR) is 163 cm³/mol. The van der Waals surface area contributed by atoms with Crippen LogP contribution in [0.25, 0.3) is 0 Å². The molecule has 37 heavy (non-hydrogen) atoms. The monoisotopic (exact) mass is 527 g/mol. The molecular formula is C34H70O3. The molecule has 0 aromatic carbocycles. The van der Waals surface area contributed by atoms with Gasteiger partial charge in [-0.1, -0.05) is 155 Å². The molecule has 1 unspecified atom stereocenters. The van der Waals surface area contributed by atoms with Crippen LogP contribution in [0.1, 0.15) is 189 Å². The molecular weight excluding hydrogens is 456 g/mol. The Morgan fingerprint density at radius 3 is 0.838 bits per heavy atom. The van der Waals surface area contributed by atoms with Crippen LogP contribution in [-0.2, 0) is 14.2 Å². The molecule has 0 amide bonds. The van der Waals surface area contributed by atoms with Crippen molar-refractivity contribution < 1.29 is 14.2 Å². The smallest absolute Gasteiger partial charge is 0.285 e. The van der Waals surface area contributed by atoms with Gasteiger partial charge in [-0.3, -0.25) is 0 Å². The van der Waals surface area contributed by atoms with E-state index < -0.39 is 5.97 Å². The molecule has 0 fully saturated rings. The molecule has 3 nitrogen and oxygen atoms in total. The molecule has 3 heteroatoms. The van der Waals surface area contributed by atoms with Crippen LogP contribution in [0.15, 0.2) is 0 Å². The fourth-order valence-corrected chi connectivity index (χ4v) is 5.69. The highest BCUT2D eigenvalue weighted by Gasteiger charge is 2.41. The summed E-state index contributed by atoms with van der Waals surface area (Å²) in [6, 6.07) is 0. The Hall–Kier alpha value is -0.120. The summed E-state index contributed by atoms with van der Waals surface area (Å²) in [6.07, 6.45) is 32.8. The highest BCUT2D eigenvalue weighted by atomic mass is 16.9. The maximum Gasteiger partial charge on any atom is 0.285 e. The molecule has 0 heterocycles. The van der Waals surface area contributed by atoms with Crippen molar-refractivity contribution in [2.75, 3.05) is 19.8 Å². The van der Waals surface area contributed by atoms with Crippen molar-refractivity contribution in [1.82, 2.24) is 0 Å². The molecule has 0 saturated carbocycles. The molecule has 0 aromatic heterocycles. The van der Waals surface area contributed by atoms with Gasteiger partial charge < -0.3 is 14.2 Å². The second-order valence-corrected chi connectivity index (χ2v) is 11.2. The zero-order valence-electron chi connectivity index (χ0n) is 26.4. The van der Waals surface area contributed by atoms with E-state index in [-0.39, 0.29) is 0 Å². The number of hydrogen-bond donors (Lipinski definition) is 0. The Labute approximate surface area is 234 Å². The summed E-state index contributed by atoms with van der Waals surface area (Å²) in [4.78, 5) is 0. The lowest BCUT2D eigenvalue weighted by Gasteiger charge is -2.39. The SMILES string of the molecule is CCCCCCCCCCCCCCCCCCC(CCCCCCCC)C(OCC)(OCC)OCC. The lowest BCUT2D eigenvalue weighted by Crippen LogP contribution is -2.46. The topological polar surface area (TPSA) is 27.7 Å². The van der Waals surface area contributed by atoms with Crippen LogP contribution in [0.5, 0.6) is 0 Å². The van der Waals surface area contributed by atoms with Gasteiger partial charge in [-0.2, -0.15) is 0 Å². The number of rotatable bonds is 31. The Bertz CT molecular complexity index is 408. The van der Waals surface area contributed by atoms with Gasteiger partial charge in [0.05, 0.1) is 0 Å². The van der Waals surface area contributed by atoms with Gasteiger partial charge in [-0.25, -0.2) is 0 Å². The van der Waals surface area contributed by atoms with Crippen LogP contribution in [0.3, 0.4) is 0 Å². The van der Waals surface area contributed by atoms with E-state index in [2.05, 4.69) is 34.6 Å². The van der Waals surface area contributed by atoms with Gasteiger partial charge in [0.15, 0.2) is 0 Å². The number of unbranched alkanes of at least 4 members (excludes halogenated alkanes) is 20. The summed E-state index contributed by atoms with van der Waals surface area (Å²) in [6.45, 7) is 12.7. The normalized spacial score (nSPS) is 12.9.